The third-order valence-corrected chi connectivity index (χ3v) is 8.13. The van der Waals surface area contributed by atoms with Crippen molar-refractivity contribution in [3.8, 4) is 11.3 Å². The number of carboxylic acids is 1. The van der Waals surface area contributed by atoms with Crippen LogP contribution in [0.25, 0.3) is 22.0 Å². The van der Waals surface area contributed by atoms with Gasteiger partial charge in [-0.2, -0.15) is 0 Å². The molecule has 0 saturated carbocycles. The van der Waals surface area contributed by atoms with Crippen LogP contribution in [0.2, 0.25) is 0 Å². The molecule has 0 fully saturated rings. The van der Waals surface area contributed by atoms with E-state index in [1.807, 2.05) is 50.2 Å². The number of aromatic carboxylic acids is 1. The molecule has 7 nitrogen and oxygen atoms in total. The lowest BCUT2D eigenvalue weighted by molar-refractivity contribution is -0.113. The van der Waals surface area contributed by atoms with E-state index < -0.39 is 11.9 Å². The van der Waals surface area contributed by atoms with Gasteiger partial charge in [0.05, 0.1) is 17.0 Å². The van der Waals surface area contributed by atoms with Crippen LogP contribution in [-0.2, 0) is 4.79 Å². The first-order valence-corrected chi connectivity index (χ1v) is 14.2. The van der Waals surface area contributed by atoms with E-state index in [1.54, 1.807) is 42.5 Å². The van der Waals surface area contributed by atoms with Crippen molar-refractivity contribution in [3.05, 3.63) is 106 Å². The van der Waals surface area contributed by atoms with Crippen LogP contribution in [0.4, 0.5) is 10.8 Å². The fourth-order valence-corrected chi connectivity index (χ4v) is 5.83. The zero-order chi connectivity index (χ0) is 28.2. The molecule has 5 aromatic rings. The number of aromatic nitrogens is 1. The van der Waals surface area contributed by atoms with E-state index in [2.05, 4.69) is 15.6 Å². The fourth-order valence-electron chi connectivity index (χ4n) is 4.27. The minimum Gasteiger partial charge on any atom is -0.478 e. The van der Waals surface area contributed by atoms with Crippen molar-refractivity contribution < 1.29 is 19.5 Å². The molecule has 0 spiro atoms. The number of nitrogens with one attached hydrogen (secondary N) is 2. The van der Waals surface area contributed by atoms with Crippen molar-refractivity contribution in [2.45, 2.75) is 18.7 Å². The minimum absolute atomic E-state index is 0.0764. The van der Waals surface area contributed by atoms with Gasteiger partial charge in [0.2, 0.25) is 5.91 Å². The summed E-state index contributed by atoms with van der Waals surface area (Å²) in [6.45, 7) is 4.03. The molecule has 0 unspecified atom stereocenters. The van der Waals surface area contributed by atoms with Gasteiger partial charge in [-0.1, -0.05) is 54.1 Å². The highest BCUT2D eigenvalue weighted by Gasteiger charge is 2.17. The summed E-state index contributed by atoms with van der Waals surface area (Å²) in [4.78, 5) is 43.8. The van der Waals surface area contributed by atoms with Crippen LogP contribution >= 0.6 is 23.1 Å². The molecule has 2 amide bonds. The Labute approximate surface area is 239 Å². The van der Waals surface area contributed by atoms with Gasteiger partial charge in [-0.3, -0.25) is 9.59 Å². The Morgan fingerprint density at radius 3 is 2.20 bits per heavy atom. The van der Waals surface area contributed by atoms with Crippen molar-refractivity contribution in [2.75, 3.05) is 16.4 Å². The Morgan fingerprint density at radius 1 is 0.850 bits per heavy atom. The van der Waals surface area contributed by atoms with Crippen molar-refractivity contribution in [1.82, 2.24) is 4.98 Å². The van der Waals surface area contributed by atoms with Crippen molar-refractivity contribution in [1.29, 1.82) is 0 Å². The van der Waals surface area contributed by atoms with Crippen molar-refractivity contribution in [3.63, 3.8) is 0 Å². The van der Waals surface area contributed by atoms with E-state index in [-0.39, 0.29) is 22.8 Å². The summed E-state index contributed by atoms with van der Waals surface area (Å²) >= 11 is 2.82. The molecule has 1 heterocycles. The van der Waals surface area contributed by atoms with E-state index in [9.17, 15) is 19.5 Å². The second kappa shape index (κ2) is 11.7. The molecule has 3 N–H and O–H groups in total. The van der Waals surface area contributed by atoms with E-state index >= 15 is 0 Å². The lowest BCUT2D eigenvalue weighted by atomic mass is 9.98. The number of aryl methyl sites for hydroxylation is 2. The predicted octanol–water partition coefficient (Wildman–Crippen LogP) is 7.26. The van der Waals surface area contributed by atoms with Crippen LogP contribution in [0.3, 0.4) is 0 Å². The monoisotopic (exact) mass is 567 g/mol. The molecule has 0 aliphatic carbocycles. The van der Waals surface area contributed by atoms with Crippen LogP contribution in [0.15, 0.2) is 89.8 Å². The Bertz CT molecular complexity index is 1720. The lowest BCUT2D eigenvalue weighted by Gasteiger charge is -2.11. The number of nitrogens with zero attached hydrogens (tertiary/aromatic N) is 1. The summed E-state index contributed by atoms with van der Waals surface area (Å²) in [6, 6.07) is 25.3. The van der Waals surface area contributed by atoms with Crippen molar-refractivity contribution in [2.24, 2.45) is 0 Å². The first-order chi connectivity index (χ1) is 19.3. The number of carbonyl (C=O) groups excluding carboxylic acids is 2. The van der Waals surface area contributed by atoms with Crippen molar-refractivity contribution >= 4 is 62.5 Å². The summed E-state index contributed by atoms with van der Waals surface area (Å²) in [5.74, 6) is -1.44. The van der Waals surface area contributed by atoms with E-state index in [4.69, 9.17) is 0 Å². The van der Waals surface area contributed by atoms with Gasteiger partial charge in [-0.05, 0) is 55.6 Å². The Kier molecular flexibility index (Phi) is 7.95. The number of amides is 2. The molecule has 9 heteroatoms. The maximum atomic E-state index is 13.0. The summed E-state index contributed by atoms with van der Waals surface area (Å²) < 4.78 is 0. The van der Waals surface area contributed by atoms with Gasteiger partial charge in [0, 0.05) is 32.0 Å². The Hall–Kier alpha value is -4.47. The zero-order valence-corrected chi connectivity index (χ0v) is 23.4. The number of carbonyl (C=O) groups is 3. The highest BCUT2D eigenvalue weighted by atomic mass is 32.2. The van der Waals surface area contributed by atoms with Crippen LogP contribution in [0.1, 0.15) is 31.2 Å². The molecule has 1 aromatic heterocycles. The summed E-state index contributed by atoms with van der Waals surface area (Å²) in [6.07, 6.45) is 0. The predicted molar refractivity (Wildman–Crippen MR) is 162 cm³/mol. The van der Waals surface area contributed by atoms with Gasteiger partial charge < -0.3 is 15.7 Å². The molecule has 5 rings (SSSR count). The highest BCUT2D eigenvalue weighted by molar-refractivity contribution is 8.00. The average molecular weight is 568 g/mol. The minimum atomic E-state index is -1.09. The summed E-state index contributed by atoms with van der Waals surface area (Å²) in [7, 11) is 0. The van der Waals surface area contributed by atoms with Crippen LogP contribution in [0, 0.1) is 13.8 Å². The van der Waals surface area contributed by atoms with Gasteiger partial charge >= 0.3 is 5.97 Å². The molecule has 0 bridgehead atoms. The highest BCUT2D eigenvalue weighted by Crippen LogP contribution is 2.31. The number of hydrogen-bond acceptors (Lipinski definition) is 6. The van der Waals surface area contributed by atoms with Crippen LogP contribution in [0.5, 0.6) is 0 Å². The SMILES string of the molecule is Cc1ccc(-c2nc(NC(=O)CSc3ccc(NC(=O)c4cccc5cccc(C(=O)O)c45)cc3)sc2C)cc1. The molecule has 0 radical (unpaired) electrons. The second-order valence-corrected chi connectivity index (χ2v) is 11.4. The lowest BCUT2D eigenvalue weighted by Crippen LogP contribution is -2.14. The summed E-state index contributed by atoms with van der Waals surface area (Å²) in [5.41, 5.74) is 3.99. The standard InChI is InChI=1S/C31H25N3O4S2/c1-18-9-11-21(12-10-18)28-19(2)40-31(34-28)33-26(35)17-39-23-15-13-22(14-16-23)32-29(36)24-7-3-5-20-6-4-8-25(27(20)24)30(37)38/h3-16H,17H2,1-2H3,(H,32,36)(H,37,38)(H,33,34,35). The molecule has 0 aliphatic heterocycles. The number of fused-ring (bicyclic) bond motifs is 1. The quantitative estimate of drug-likeness (QED) is 0.170. The fraction of sp³-hybridized carbons (Fsp3) is 0.0968. The van der Waals surface area contributed by atoms with Crippen LogP contribution in [-0.4, -0.2) is 33.6 Å². The third kappa shape index (κ3) is 6.06. The maximum Gasteiger partial charge on any atom is 0.336 e. The number of carboxylic acid groups (broad SMARTS) is 1. The van der Waals surface area contributed by atoms with Gasteiger partial charge in [-0.25, -0.2) is 9.78 Å². The molecule has 0 aliphatic rings. The molecule has 0 saturated heterocycles. The first kappa shape index (κ1) is 27.1. The van der Waals surface area contributed by atoms with E-state index in [1.165, 1.54) is 34.7 Å². The molecule has 40 heavy (non-hydrogen) atoms. The third-order valence-electron chi connectivity index (χ3n) is 6.23. The van der Waals surface area contributed by atoms with Gasteiger partial charge in [0.1, 0.15) is 0 Å². The van der Waals surface area contributed by atoms with Gasteiger partial charge in [0.15, 0.2) is 5.13 Å². The Balaban J connectivity index is 1.19. The van der Waals surface area contributed by atoms with E-state index in [0.717, 1.165) is 21.0 Å². The van der Waals surface area contributed by atoms with Crippen LogP contribution < -0.4 is 10.6 Å². The molecule has 0 atom stereocenters. The molecular formula is C31H25N3O4S2. The average Bonchev–Trinajstić information content (AvgIpc) is 3.31. The number of anilines is 2. The zero-order valence-electron chi connectivity index (χ0n) is 21.7. The molecular weight excluding hydrogens is 542 g/mol. The Morgan fingerprint density at radius 2 is 1.52 bits per heavy atom. The number of hydrogen-bond donors (Lipinski definition) is 3. The smallest absolute Gasteiger partial charge is 0.336 e. The van der Waals surface area contributed by atoms with E-state index in [0.29, 0.717) is 21.6 Å². The maximum absolute atomic E-state index is 13.0. The topological polar surface area (TPSA) is 108 Å². The normalized spacial score (nSPS) is 10.8. The molecule has 200 valence electrons. The number of thiazole rings is 1. The molecule has 4 aromatic carbocycles. The number of thioether (sulfide) groups is 1. The summed E-state index contributed by atoms with van der Waals surface area (Å²) in [5, 5.41) is 17.0. The van der Waals surface area contributed by atoms with Gasteiger partial charge in [0.25, 0.3) is 5.91 Å². The second-order valence-electron chi connectivity index (χ2n) is 9.12. The number of rotatable bonds is 8. The number of benzene rings is 4. The largest absolute Gasteiger partial charge is 0.478 e. The first-order valence-electron chi connectivity index (χ1n) is 12.4. The van der Waals surface area contributed by atoms with Gasteiger partial charge in [-0.15, -0.1) is 23.1 Å².